The fourth-order valence-corrected chi connectivity index (χ4v) is 2.81. The number of hydrogen-bond donors (Lipinski definition) is 2. The molecule has 3 aromatic heterocycles. The molecule has 1 aromatic carbocycles. The Balaban J connectivity index is 1.76. The largest absolute Gasteiger partial charge is 0.395 e. The summed E-state index contributed by atoms with van der Waals surface area (Å²) in [6.07, 6.45) is 7.20. The Bertz CT molecular complexity index is 1080. The predicted molar refractivity (Wildman–Crippen MR) is 98.8 cm³/mol. The first-order valence-corrected chi connectivity index (χ1v) is 8.49. The number of benzene rings is 1. The summed E-state index contributed by atoms with van der Waals surface area (Å²) in [4.78, 5) is 17.7. The van der Waals surface area contributed by atoms with Crippen molar-refractivity contribution in [1.29, 1.82) is 0 Å². The normalized spacial score (nSPS) is 11.0. The molecular weight excluding hydrogens is 347 g/mol. The molecule has 0 aliphatic rings. The van der Waals surface area contributed by atoms with Gasteiger partial charge in [0.15, 0.2) is 11.5 Å². The molecule has 0 saturated heterocycles. The minimum Gasteiger partial charge on any atom is -0.395 e. The Hall–Kier alpha value is -3.39. The highest BCUT2D eigenvalue weighted by Crippen LogP contribution is 2.20. The van der Waals surface area contributed by atoms with Gasteiger partial charge in [-0.25, -0.2) is 24.3 Å². The van der Waals surface area contributed by atoms with Gasteiger partial charge in [-0.2, -0.15) is 0 Å². The lowest BCUT2D eigenvalue weighted by molar-refractivity contribution is 0.311. The van der Waals surface area contributed by atoms with Crippen molar-refractivity contribution in [2.45, 2.75) is 6.42 Å². The molecule has 0 atom stereocenters. The molecule has 0 amide bonds. The number of nitrogens with one attached hydrogen (secondary N) is 1. The van der Waals surface area contributed by atoms with Crippen molar-refractivity contribution in [3.63, 3.8) is 0 Å². The van der Waals surface area contributed by atoms with Crippen LogP contribution in [-0.4, -0.2) is 42.6 Å². The smallest absolute Gasteiger partial charge is 0.181 e. The molecule has 3 heterocycles. The molecular formula is C19H17FN6O. The molecule has 0 unspecified atom stereocenters. The van der Waals surface area contributed by atoms with Crippen LogP contribution < -0.4 is 5.32 Å². The van der Waals surface area contributed by atoms with Gasteiger partial charge in [0.25, 0.3) is 0 Å². The molecule has 0 saturated carbocycles. The highest BCUT2D eigenvalue weighted by atomic mass is 19.1. The summed E-state index contributed by atoms with van der Waals surface area (Å²) < 4.78 is 15.9. The lowest BCUT2D eigenvalue weighted by Crippen LogP contribution is -2.08. The lowest BCUT2D eigenvalue weighted by Gasteiger charge is -2.09. The number of fused-ring (bicyclic) bond motifs is 1. The second-order valence-electron chi connectivity index (χ2n) is 5.92. The van der Waals surface area contributed by atoms with Crippen LogP contribution in [0.2, 0.25) is 0 Å². The van der Waals surface area contributed by atoms with Crippen molar-refractivity contribution in [3.05, 3.63) is 72.2 Å². The topological polar surface area (TPSA) is 88.2 Å². The number of aromatic nitrogens is 5. The van der Waals surface area contributed by atoms with Gasteiger partial charge in [0.1, 0.15) is 17.3 Å². The minimum atomic E-state index is -0.277. The molecule has 0 fully saturated rings. The molecule has 0 aliphatic heterocycles. The average molecular weight is 364 g/mol. The number of aliphatic hydroxyl groups is 1. The highest BCUT2D eigenvalue weighted by Gasteiger charge is 2.13. The van der Waals surface area contributed by atoms with E-state index in [9.17, 15) is 4.39 Å². The van der Waals surface area contributed by atoms with E-state index in [1.807, 2.05) is 4.40 Å². The summed E-state index contributed by atoms with van der Waals surface area (Å²) in [5.41, 5.74) is 2.40. The van der Waals surface area contributed by atoms with E-state index >= 15 is 0 Å². The first-order chi connectivity index (χ1) is 13.2. The van der Waals surface area contributed by atoms with E-state index in [4.69, 9.17) is 5.11 Å². The van der Waals surface area contributed by atoms with Gasteiger partial charge in [-0.05, 0) is 17.7 Å². The van der Waals surface area contributed by atoms with Crippen molar-refractivity contribution in [2.24, 2.45) is 0 Å². The summed E-state index contributed by atoms with van der Waals surface area (Å²) >= 11 is 0. The molecule has 2 N–H and O–H groups in total. The Morgan fingerprint density at radius 3 is 2.81 bits per heavy atom. The average Bonchev–Trinajstić information content (AvgIpc) is 3.17. The molecule has 0 radical (unpaired) electrons. The van der Waals surface area contributed by atoms with E-state index in [0.717, 1.165) is 0 Å². The van der Waals surface area contributed by atoms with Crippen LogP contribution >= 0.6 is 0 Å². The Kier molecular flexibility index (Phi) is 4.71. The summed E-state index contributed by atoms with van der Waals surface area (Å²) in [6.45, 7) is 0.397. The summed E-state index contributed by atoms with van der Waals surface area (Å²) in [6, 6.07) is 8.34. The minimum absolute atomic E-state index is 0.00533. The first kappa shape index (κ1) is 17.0. The van der Waals surface area contributed by atoms with Crippen molar-refractivity contribution in [1.82, 2.24) is 24.3 Å². The van der Waals surface area contributed by atoms with E-state index < -0.39 is 0 Å². The molecule has 27 heavy (non-hydrogen) atoms. The number of imidazole rings is 1. The van der Waals surface area contributed by atoms with Crippen molar-refractivity contribution >= 4 is 11.5 Å². The number of halogens is 1. The predicted octanol–water partition coefficient (Wildman–Crippen LogP) is 2.32. The van der Waals surface area contributed by atoms with Crippen LogP contribution in [0.4, 0.5) is 10.2 Å². The van der Waals surface area contributed by atoms with Crippen LogP contribution in [0.3, 0.4) is 0 Å². The molecule has 0 spiro atoms. The highest BCUT2D eigenvalue weighted by molar-refractivity contribution is 5.57. The van der Waals surface area contributed by atoms with Crippen LogP contribution in [0.15, 0.2) is 55.1 Å². The Morgan fingerprint density at radius 2 is 1.96 bits per heavy atom. The Labute approximate surface area is 154 Å². The van der Waals surface area contributed by atoms with Crippen LogP contribution in [-0.2, 0) is 6.42 Å². The van der Waals surface area contributed by atoms with Crippen LogP contribution in [0.25, 0.3) is 17.2 Å². The molecule has 136 valence electrons. The maximum Gasteiger partial charge on any atom is 0.181 e. The van der Waals surface area contributed by atoms with Gasteiger partial charge >= 0.3 is 0 Å². The standard InChI is InChI=1S/C19H17FN6O/c20-14-4-2-1-3-13(14)11-15-19-23-7-9-26(19)12-16(24-15)18-22-6-5-17(25-18)21-8-10-27/h1-7,9,12,27H,8,10-11H2,(H,21,22,25). The van der Waals surface area contributed by atoms with Gasteiger partial charge in [0.05, 0.1) is 12.3 Å². The van der Waals surface area contributed by atoms with E-state index in [1.54, 1.807) is 49.1 Å². The van der Waals surface area contributed by atoms with E-state index in [2.05, 4.69) is 25.3 Å². The monoisotopic (exact) mass is 364 g/mol. The fraction of sp³-hybridized carbons (Fsp3) is 0.158. The van der Waals surface area contributed by atoms with Crippen molar-refractivity contribution in [2.75, 3.05) is 18.5 Å². The third-order valence-corrected chi connectivity index (χ3v) is 4.06. The lowest BCUT2D eigenvalue weighted by atomic mass is 10.1. The van der Waals surface area contributed by atoms with Gasteiger partial charge in [-0.1, -0.05) is 18.2 Å². The quantitative estimate of drug-likeness (QED) is 0.546. The Morgan fingerprint density at radius 1 is 1.07 bits per heavy atom. The summed E-state index contributed by atoms with van der Waals surface area (Å²) in [7, 11) is 0. The third kappa shape index (κ3) is 3.61. The van der Waals surface area contributed by atoms with Gasteiger partial charge in [-0.3, -0.25) is 0 Å². The van der Waals surface area contributed by atoms with Crippen LogP contribution in [0.5, 0.6) is 0 Å². The zero-order valence-electron chi connectivity index (χ0n) is 14.4. The zero-order valence-corrected chi connectivity index (χ0v) is 14.4. The van der Waals surface area contributed by atoms with Crippen molar-refractivity contribution < 1.29 is 9.50 Å². The molecule has 0 aliphatic carbocycles. The maximum atomic E-state index is 14.1. The van der Waals surface area contributed by atoms with Gasteiger partial charge in [0.2, 0.25) is 0 Å². The van der Waals surface area contributed by atoms with Crippen LogP contribution in [0.1, 0.15) is 11.3 Å². The number of hydrogen-bond acceptors (Lipinski definition) is 6. The number of anilines is 1. The molecule has 0 bridgehead atoms. The number of nitrogens with zero attached hydrogens (tertiary/aromatic N) is 5. The third-order valence-electron chi connectivity index (χ3n) is 4.06. The number of aliphatic hydroxyl groups excluding tert-OH is 1. The summed E-state index contributed by atoms with van der Waals surface area (Å²) in [5.74, 6) is 0.751. The van der Waals surface area contributed by atoms with E-state index in [-0.39, 0.29) is 12.4 Å². The summed E-state index contributed by atoms with van der Waals surface area (Å²) in [5, 5.41) is 11.9. The van der Waals surface area contributed by atoms with Gasteiger partial charge in [-0.15, -0.1) is 0 Å². The maximum absolute atomic E-state index is 14.1. The SMILES string of the molecule is OCCNc1ccnc(-c2cn3ccnc3c(Cc3ccccc3F)n2)n1. The van der Waals surface area contributed by atoms with Crippen LogP contribution in [0, 0.1) is 5.82 Å². The van der Waals surface area contributed by atoms with Crippen molar-refractivity contribution in [3.8, 4) is 11.5 Å². The van der Waals surface area contributed by atoms with Gasteiger partial charge < -0.3 is 14.8 Å². The molecule has 7 nitrogen and oxygen atoms in total. The second kappa shape index (κ2) is 7.46. The number of rotatable bonds is 6. The zero-order chi connectivity index (χ0) is 18.6. The molecule has 4 aromatic rings. The van der Waals surface area contributed by atoms with Gasteiger partial charge in [0, 0.05) is 37.8 Å². The molecule has 4 rings (SSSR count). The first-order valence-electron chi connectivity index (χ1n) is 8.49. The fourth-order valence-electron chi connectivity index (χ4n) is 2.81. The molecule has 8 heteroatoms. The van der Waals surface area contributed by atoms with E-state index in [1.165, 1.54) is 6.07 Å². The van der Waals surface area contributed by atoms with E-state index in [0.29, 0.717) is 47.2 Å². The second-order valence-corrected chi connectivity index (χ2v) is 5.92.